The summed E-state index contributed by atoms with van der Waals surface area (Å²) < 4.78 is 16.0. The standard InChI is InChI=1S/C22H26N2O5/c1-5-12-29-19-11-10-16(13-20(19)28-4)22(26)24(6-2)15-21(25)23-17-8-7-9-18(14-17)27-3/h5,7-11,13-14H,1,6,12,15H2,2-4H3,(H,23,25). The van der Waals surface area contributed by atoms with Crippen LogP contribution in [-0.2, 0) is 4.79 Å². The van der Waals surface area contributed by atoms with Crippen molar-refractivity contribution < 1.29 is 23.8 Å². The van der Waals surface area contributed by atoms with Crippen LogP contribution in [0.3, 0.4) is 0 Å². The van der Waals surface area contributed by atoms with Gasteiger partial charge in [-0.1, -0.05) is 18.7 Å². The van der Waals surface area contributed by atoms with Crippen molar-refractivity contribution in [3.63, 3.8) is 0 Å². The van der Waals surface area contributed by atoms with Crippen LogP contribution in [0.4, 0.5) is 5.69 Å². The number of nitrogens with one attached hydrogen (secondary N) is 1. The first-order chi connectivity index (χ1) is 14.0. The Kier molecular flexibility index (Phi) is 8.09. The maximum absolute atomic E-state index is 12.9. The van der Waals surface area contributed by atoms with Crippen molar-refractivity contribution in [2.45, 2.75) is 6.92 Å². The minimum atomic E-state index is -0.300. The van der Waals surface area contributed by atoms with Gasteiger partial charge < -0.3 is 24.4 Å². The van der Waals surface area contributed by atoms with Gasteiger partial charge in [-0.05, 0) is 37.3 Å². The van der Waals surface area contributed by atoms with Crippen LogP contribution in [0.15, 0.2) is 55.1 Å². The van der Waals surface area contributed by atoms with E-state index in [1.165, 1.54) is 12.0 Å². The summed E-state index contributed by atoms with van der Waals surface area (Å²) in [4.78, 5) is 26.7. The molecule has 2 rings (SSSR count). The number of ether oxygens (including phenoxy) is 3. The molecule has 0 fully saturated rings. The number of likely N-dealkylation sites (N-methyl/N-ethyl adjacent to an activating group) is 1. The lowest BCUT2D eigenvalue weighted by Crippen LogP contribution is -2.37. The molecule has 0 aliphatic heterocycles. The molecule has 0 aliphatic carbocycles. The fourth-order valence-electron chi connectivity index (χ4n) is 2.65. The molecule has 0 aliphatic rings. The summed E-state index contributed by atoms with van der Waals surface area (Å²) in [6.45, 7) is 6.05. The summed E-state index contributed by atoms with van der Waals surface area (Å²) in [5.41, 5.74) is 1.01. The number of anilines is 1. The number of amides is 2. The van der Waals surface area contributed by atoms with E-state index in [1.54, 1.807) is 55.7 Å². The maximum Gasteiger partial charge on any atom is 0.254 e. The van der Waals surface area contributed by atoms with Crippen molar-refractivity contribution in [2.24, 2.45) is 0 Å². The van der Waals surface area contributed by atoms with Gasteiger partial charge in [-0.25, -0.2) is 0 Å². The molecule has 0 atom stereocenters. The number of nitrogens with zero attached hydrogens (tertiary/aromatic N) is 1. The Bertz CT molecular complexity index is 866. The molecule has 0 heterocycles. The van der Waals surface area contributed by atoms with Crippen LogP contribution >= 0.6 is 0 Å². The minimum Gasteiger partial charge on any atom is -0.497 e. The topological polar surface area (TPSA) is 77.1 Å². The van der Waals surface area contributed by atoms with Crippen LogP contribution in [0.2, 0.25) is 0 Å². The summed E-state index contributed by atoms with van der Waals surface area (Å²) in [6, 6.07) is 11.9. The summed E-state index contributed by atoms with van der Waals surface area (Å²) in [6.07, 6.45) is 1.62. The van der Waals surface area contributed by atoms with E-state index in [-0.39, 0.29) is 18.4 Å². The highest BCUT2D eigenvalue weighted by atomic mass is 16.5. The lowest BCUT2D eigenvalue weighted by molar-refractivity contribution is -0.116. The molecule has 0 spiro atoms. The Morgan fingerprint density at radius 1 is 1.10 bits per heavy atom. The van der Waals surface area contributed by atoms with Gasteiger partial charge >= 0.3 is 0 Å². The van der Waals surface area contributed by atoms with Crippen LogP contribution in [-0.4, -0.2) is 50.6 Å². The average Bonchev–Trinajstić information content (AvgIpc) is 2.75. The first kappa shape index (κ1) is 21.8. The Hall–Kier alpha value is -3.48. The second-order valence-electron chi connectivity index (χ2n) is 6.06. The third kappa shape index (κ3) is 6.00. The number of hydrogen-bond acceptors (Lipinski definition) is 5. The third-order valence-electron chi connectivity index (χ3n) is 4.12. The molecule has 2 aromatic carbocycles. The molecule has 0 saturated carbocycles. The number of rotatable bonds is 10. The fraction of sp³-hybridized carbons (Fsp3) is 0.273. The zero-order valence-corrected chi connectivity index (χ0v) is 16.9. The van der Waals surface area contributed by atoms with E-state index in [2.05, 4.69) is 11.9 Å². The lowest BCUT2D eigenvalue weighted by Gasteiger charge is -2.21. The van der Waals surface area contributed by atoms with Gasteiger partial charge in [0.05, 0.1) is 14.2 Å². The van der Waals surface area contributed by atoms with Gasteiger partial charge in [-0.2, -0.15) is 0 Å². The lowest BCUT2D eigenvalue weighted by atomic mass is 10.1. The Morgan fingerprint density at radius 3 is 2.55 bits per heavy atom. The van der Waals surface area contributed by atoms with Crippen molar-refractivity contribution in [3.8, 4) is 17.2 Å². The smallest absolute Gasteiger partial charge is 0.254 e. The first-order valence-corrected chi connectivity index (χ1v) is 9.17. The second kappa shape index (κ2) is 10.8. The highest BCUT2D eigenvalue weighted by Gasteiger charge is 2.19. The molecule has 2 aromatic rings. The summed E-state index contributed by atoms with van der Waals surface area (Å²) in [7, 11) is 3.06. The van der Waals surface area contributed by atoms with Gasteiger partial charge in [0.1, 0.15) is 18.9 Å². The molecular weight excluding hydrogens is 372 g/mol. The normalized spacial score (nSPS) is 10.0. The van der Waals surface area contributed by atoms with Crippen LogP contribution in [0.25, 0.3) is 0 Å². The minimum absolute atomic E-state index is 0.0798. The monoisotopic (exact) mass is 398 g/mol. The van der Waals surface area contributed by atoms with Crippen LogP contribution in [0, 0.1) is 0 Å². The molecular formula is C22H26N2O5. The van der Waals surface area contributed by atoms with Gasteiger partial charge in [0.15, 0.2) is 11.5 Å². The molecule has 154 valence electrons. The van der Waals surface area contributed by atoms with Gasteiger partial charge in [0, 0.05) is 23.9 Å². The van der Waals surface area contributed by atoms with Crippen molar-refractivity contribution in [3.05, 3.63) is 60.7 Å². The number of hydrogen-bond donors (Lipinski definition) is 1. The van der Waals surface area contributed by atoms with E-state index >= 15 is 0 Å². The van der Waals surface area contributed by atoms with Gasteiger partial charge in [-0.3, -0.25) is 9.59 Å². The van der Waals surface area contributed by atoms with E-state index in [9.17, 15) is 9.59 Å². The van der Waals surface area contributed by atoms with Crippen molar-refractivity contribution in [1.29, 1.82) is 0 Å². The summed E-state index contributed by atoms with van der Waals surface area (Å²) >= 11 is 0. The van der Waals surface area contributed by atoms with E-state index in [4.69, 9.17) is 14.2 Å². The number of carbonyl (C=O) groups excluding carboxylic acids is 2. The molecule has 7 nitrogen and oxygen atoms in total. The molecule has 2 amide bonds. The molecule has 1 N–H and O–H groups in total. The van der Waals surface area contributed by atoms with Gasteiger partial charge in [0.25, 0.3) is 5.91 Å². The van der Waals surface area contributed by atoms with Crippen molar-refractivity contribution in [1.82, 2.24) is 4.90 Å². The van der Waals surface area contributed by atoms with E-state index in [0.717, 1.165) is 0 Å². The Labute approximate surface area is 170 Å². The summed E-state index contributed by atoms with van der Waals surface area (Å²) in [5, 5.41) is 2.78. The Balaban J connectivity index is 2.09. The second-order valence-corrected chi connectivity index (χ2v) is 6.06. The molecule has 7 heteroatoms. The predicted octanol–water partition coefficient (Wildman–Crippen LogP) is 3.37. The van der Waals surface area contributed by atoms with E-state index in [1.807, 2.05) is 6.92 Å². The third-order valence-corrected chi connectivity index (χ3v) is 4.12. The average molecular weight is 398 g/mol. The fourth-order valence-corrected chi connectivity index (χ4v) is 2.65. The zero-order chi connectivity index (χ0) is 21.2. The summed E-state index contributed by atoms with van der Waals surface area (Å²) in [5.74, 6) is 1.02. The van der Waals surface area contributed by atoms with Crippen LogP contribution in [0.1, 0.15) is 17.3 Å². The molecule has 0 radical (unpaired) electrons. The molecule has 0 bridgehead atoms. The van der Waals surface area contributed by atoms with Crippen LogP contribution < -0.4 is 19.5 Å². The number of benzene rings is 2. The maximum atomic E-state index is 12.9. The predicted molar refractivity (Wildman–Crippen MR) is 112 cm³/mol. The van der Waals surface area contributed by atoms with E-state index in [0.29, 0.717) is 41.7 Å². The van der Waals surface area contributed by atoms with Gasteiger partial charge in [-0.15, -0.1) is 0 Å². The van der Waals surface area contributed by atoms with Gasteiger partial charge in [0.2, 0.25) is 5.91 Å². The zero-order valence-electron chi connectivity index (χ0n) is 16.9. The number of methoxy groups -OCH3 is 2. The number of carbonyl (C=O) groups is 2. The first-order valence-electron chi connectivity index (χ1n) is 9.17. The van der Waals surface area contributed by atoms with Crippen LogP contribution in [0.5, 0.6) is 17.2 Å². The van der Waals surface area contributed by atoms with Crippen molar-refractivity contribution >= 4 is 17.5 Å². The Morgan fingerprint density at radius 2 is 1.90 bits per heavy atom. The highest BCUT2D eigenvalue weighted by Crippen LogP contribution is 2.28. The molecule has 0 aromatic heterocycles. The molecule has 29 heavy (non-hydrogen) atoms. The largest absolute Gasteiger partial charge is 0.497 e. The van der Waals surface area contributed by atoms with Crippen molar-refractivity contribution in [2.75, 3.05) is 39.2 Å². The molecule has 0 saturated heterocycles. The molecule has 0 unspecified atom stereocenters. The SMILES string of the molecule is C=CCOc1ccc(C(=O)N(CC)CC(=O)Nc2cccc(OC)c2)cc1OC. The quantitative estimate of drug-likeness (QED) is 0.621. The van der Waals surface area contributed by atoms with E-state index < -0.39 is 0 Å². The highest BCUT2D eigenvalue weighted by molar-refractivity contribution is 5.99.